The van der Waals surface area contributed by atoms with Crippen LogP contribution in [0, 0.1) is 6.92 Å². The molecule has 1 heterocycles. The van der Waals surface area contributed by atoms with Gasteiger partial charge >= 0.3 is 5.97 Å². The van der Waals surface area contributed by atoms with Crippen molar-refractivity contribution >= 4 is 23.3 Å². The van der Waals surface area contributed by atoms with Crippen molar-refractivity contribution in [1.29, 1.82) is 0 Å². The summed E-state index contributed by atoms with van der Waals surface area (Å²) >= 11 is 0. The van der Waals surface area contributed by atoms with Crippen LogP contribution in [0.4, 0.5) is 11.4 Å². The molecule has 6 heteroatoms. The van der Waals surface area contributed by atoms with Gasteiger partial charge in [0.05, 0.1) is 24.6 Å². The number of methoxy groups -OCH3 is 1. The van der Waals surface area contributed by atoms with Crippen molar-refractivity contribution in [1.82, 2.24) is 4.98 Å². The molecule has 0 aliphatic heterocycles. The lowest BCUT2D eigenvalue weighted by atomic mass is 10.1. The van der Waals surface area contributed by atoms with Crippen LogP contribution in [-0.2, 0) is 11.3 Å². The number of carbonyl (C=O) groups excluding carboxylic acids is 2. The predicted molar refractivity (Wildman–Crippen MR) is 108 cm³/mol. The number of pyridine rings is 1. The maximum absolute atomic E-state index is 12.3. The smallest absolute Gasteiger partial charge is 0.337 e. The van der Waals surface area contributed by atoms with E-state index in [1.807, 2.05) is 18.2 Å². The van der Waals surface area contributed by atoms with Gasteiger partial charge in [0.2, 0.25) is 0 Å². The Balaban J connectivity index is 1.59. The number of esters is 1. The fourth-order valence-corrected chi connectivity index (χ4v) is 2.64. The molecule has 1 amide bonds. The molecule has 6 nitrogen and oxygen atoms in total. The molecular weight excluding hydrogens is 354 g/mol. The third kappa shape index (κ3) is 4.73. The number of benzene rings is 2. The molecule has 0 atom stereocenters. The van der Waals surface area contributed by atoms with Gasteiger partial charge in [-0.25, -0.2) is 9.78 Å². The number of amides is 1. The van der Waals surface area contributed by atoms with Crippen molar-refractivity contribution in [3.05, 3.63) is 89.2 Å². The zero-order valence-corrected chi connectivity index (χ0v) is 15.7. The molecule has 0 saturated heterocycles. The third-order valence-corrected chi connectivity index (χ3v) is 4.30. The normalized spacial score (nSPS) is 10.2. The van der Waals surface area contributed by atoms with E-state index in [1.54, 1.807) is 36.5 Å². The summed E-state index contributed by atoms with van der Waals surface area (Å²) in [4.78, 5) is 28.0. The molecule has 0 spiro atoms. The Bertz CT molecular complexity index is 967. The van der Waals surface area contributed by atoms with Crippen molar-refractivity contribution < 1.29 is 14.3 Å². The highest BCUT2D eigenvalue weighted by Gasteiger charge is 2.09. The topological polar surface area (TPSA) is 80.3 Å². The predicted octanol–water partition coefficient (Wildman–Crippen LogP) is 4.04. The van der Waals surface area contributed by atoms with Crippen LogP contribution in [0.25, 0.3) is 0 Å². The van der Waals surface area contributed by atoms with Gasteiger partial charge in [0, 0.05) is 12.2 Å². The van der Waals surface area contributed by atoms with Gasteiger partial charge in [0.15, 0.2) is 0 Å². The van der Waals surface area contributed by atoms with E-state index in [0.717, 1.165) is 5.69 Å². The molecule has 0 radical (unpaired) electrons. The number of nitrogens with one attached hydrogen (secondary N) is 2. The van der Waals surface area contributed by atoms with Gasteiger partial charge < -0.3 is 15.4 Å². The third-order valence-electron chi connectivity index (χ3n) is 4.30. The Hall–Kier alpha value is -3.67. The molecule has 0 unspecified atom stereocenters. The van der Waals surface area contributed by atoms with Crippen LogP contribution < -0.4 is 10.6 Å². The van der Waals surface area contributed by atoms with Crippen LogP contribution in [0.15, 0.2) is 66.9 Å². The molecule has 0 bridgehead atoms. The number of ether oxygens (including phenoxy) is 1. The lowest BCUT2D eigenvalue weighted by Crippen LogP contribution is -2.14. The zero-order valence-electron chi connectivity index (χ0n) is 15.7. The Labute approximate surface area is 163 Å². The molecule has 2 aromatic carbocycles. The molecule has 0 aliphatic carbocycles. The first-order chi connectivity index (χ1) is 13.6. The lowest BCUT2D eigenvalue weighted by Gasteiger charge is -2.09. The van der Waals surface area contributed by atoms with Crippen molar-refractivity contribution in [3.8, 4) is 0 Å². The first kappa shape index (κ1) is 19.1. The van der Waals surface area contributed by atoms with Crippen molar-refractivity contribution in [2.24, 2.45) is 0 Å². The largest absolute Gasteiger partial charge is 0.465 e. The van der Waals surface area contributed by atoms with Crippen LogP contribution in [0.5, 0.6) is 0 Å². The quantitative estimate of drug-likeness (QED) is 0.636. The van der Waals surface area contributed by atoms with Gasteiger partial charge in [-0.2, -0.15) is 0 Å². The fraction of sp³-hybridized carbons (Fsp3) is 0.136. The van der Waals surface area contributed by atoms with E-state index in [1.165, 1.54) is 18.2 Å². The first-order valence-electron chi connectivity index (χ1n) is 8.81. The van der Waals surface area contributed by atoms with E-state index in [0.29, 0.717) is 23.5 Å². The van der Waals surface area contributed by atoms with Crippen LogP contribution in [0.1, 0.15) is 32.0 Å². The summed E-state index contributed by atoms with van der Waals surface area (Å²) in [5.74, 6) is -0.746. The molecular formula is C22H21N3O3. The average Bonchev–Trinajstić information content (AvgIpc) is 2.73. The van der Waals surface area contributed by atoms with Crippen molar-refractivity contribution in [2.75, 3.05) is 17.7 Å². The second kappa shape index (κ2) is 8.81. The zero-order chi connectivity index (χ0) is 19.9. The van der Waals surface area contributed by atoms with Gasteiger partial charge in [0.25, 0.3) is 5.91 Å². The maximum Gasteiger partial charge on any atom is 0.337 e. The number of nitrogens with zero attached hydrogens (tertiary/aromatic N) is 1. The standard InChI is InChI=1S/C22H21N3O3/c1-15-5-3-4-6-17(15)13-23-19-11-12-20(24-14-19)21(26)25-18-9-7-16(8-10-18)22(27)28-2/h3-12,14,23H,13H2,1-2H3,(H,25,26). The Morgan fingerprint density at radius 3 is 2.32 bits per heavy atom. The Morgan fingerprint density at radius 2 is 1.68 bits per heavy atom. The number of anilines is 2. The minimum absolute atomic E-state index is 0.304. The van der Waals surface area contributed by atoms with Crippen molar-refractivity contribution in [2.45, 2.75) is 13.5 Å². The van der Waals surface area contributed by atoms with Gasteiger partial charge in [0.1, 0.15) is 5.69 Å². The molecule has 0 saturated carbocycles. The van der Waals surface area contributed by atoms with Crippen LogP contribution in [0.2, 0.25) is 0 Å². The Kier molecular flexibility index (Phi) is 6.01. The average molecular weight is 375 g/mol. The summed E-state index contributed by atoms with van der Waals surface area (Å²) in [6.07, 6.45) is 1.63. The van der Waals surface area contributed by atoms with Gasteiger partial charge in [-0.1, -0.05) is 24.3 Å². The summed E-state index contributed by atoms with van der Waals surface area (Å²) in [5, 5.41) is 6.06. The monoisotopic (exact) mass is 375 g/mol. The highest BCUT2D eigenvalue weighted by Crippen LogP contribution is 2.14. The molecule has 0 fully saturated rings. The molecule has 3 rings (SSSR count). The van der Waals surface area contributed by atoms with Gasteiger partial charge in [-0.05, 0) is 54.4 Å². The van der Waals surface area contributed by atoms with Gasteiger partial charge in [-0.15, -0.1) is 0 Å². The minimum Gasteiger partial charge on any atom is -0.465 e. The van der Waals surface area contributed by atoms with Crippen molar-refractivity contribution in [3.63, 3.8) is 0 Å². The number of hydrogen-bond acceptors (Lipinski definition) is 5. The molecule has 2 N–H and O–H groups in total. The number of rotatable bonds is 6. The molecule has 0 aliphatic rings. The number of aryl methyl sites for hydroxylation is 1. The minimum atomic E-state index is -0.423. The maximum atomic E-state index is 12.3. The highest BCUT2D eigenvalue weighted by atomic mass is 16.5. The summed E-state index contributed by atoms with van der Waals surface area (Å²) < 4.78 is 4.65. The Morgan fingerprint density at radius 1 is 0.964 bits per heavy atom. The molecule has 28 heavy (non-hydrogen) atoms. The molecule has 1 aromatic heterocycles. The number of aromatic nitrogens is 1. The molecule has 142 valence electrons. The van der Waals surface area contributed by atoms with Gasteiger partial charge in [-0.3, -0.25) is 4.79 Å². The summed E-state index contributed by atoms with van der Waals surface area (Å²) in [5.41, 5.74) is 4.56. The molecule has 3 aromatic rings. The van der Waals surface area contributed by atoms with E-state index in [9.17, 15) is 9.59 Å². The van der Waals surface area contributed by atoms with Crippen LogP contribution in [0.3, 0.4) is 0 Å². The number of hydrogen-bond donors (Lipinski definition) is 2. The van der Waals surface area contributed by atoms with E-state index in [-0.39, 0.29) is 5.91 Å². The SMILES string of the molecule is COC(=O)c1ccc(NC(=O)c2ccc(NCc3ccccc3C)cn2)cc1. The second-order valence-corrected chi connectivity index (χ2v) is 6.24. The summed E-state index contributed by atoms with van der Waals surface area (Å²) in [6, 6.07) is 18.1. The number of carbonyl (C=O) groups is 2. The summed E-state index contributed by atoms with van der Waals surface area (Å²) in [7, 11) is 1.32. The second-order valence-electron chi connectivity index (χ2n) is 6.24. The lowest BCUT2D eigenvalue weighted by molar-refractivity contribution is 0.0600. The highest BCUT2D eigenvalue weighted by molar-refractivity contribution is 6.03. The first-order valence-corrected chi connectivity index (χ1v) is 8.81. The van der Waals surface area contributed by atoms with E-state index in [2.05, 4.69) is 39.4 Å². The van der Waals surface area contributed by atoms with E-state index < -0.39 is 5.97 Å². The fourth-order valence-electron chi connectivity index (χ4n) is 2.64. The van der Waals surface area contributed by atoms with E-state index in [4.69, 9.17) is 0 Å². The summed E-state index contributed by atoms with van der Waals surface area (Å²) in [6.45, 7) is 2.76. The van der Waals surface area contributed by atoms with Crippen LogP contribution in [-0.4, -0.2) is 24.0 Å². The van der Waals surface area contributed by atoms with Crippen LogP contribution >= 0.6 is 0 Å². The van der Waals surface area contributed by atoms with E-state index >= 15 is 0 Å².